The second-order valence-corrected chi connectivity index (χ2v) is 9.62. The predicted octanol–water partition coefficient (Wildman–Crippen LogP) is 7.10. The molecule has 1 amide bonds. The summed E-state index contributed by atoms with van der Waals surface area (Å²) in [5.41, 5.74) is 0.979. The van der Waals surface area contributed by atoms with Gasteiger partial charge in [0.25, 0.3) is 5.91 Å². The minimum atomic E-state index is -4.45. The third-order valence-corrected chi connectivity index (χ3v) is 6.82. The maximum absolute atomic E-state index is 13.4. The summed E-state index contributed by atoms with van der Waals surface area (Å²) in [6.07, 6.45) is -3.00. The Morgan fingerprint density at radius 1 is 0.946 bits per heavy atom. The van der Waals surface area contributed by atoms with Crippen LogP contribution in [-0.4, -0.2) is 36.3 Å². The summed E-state index contributed by atoms with van der Waals surface area (Å²) in [5, 5.41) is 0. The van der Waals surface area contributed by atoms with Gasteiger partial charge in [-0.2, -0.15) is 13.2 Å². The lowest BCUT2D eigenvalue weighted by atomic mass is 10.0. The molecule has 3 nitrogen and oxygen atoms in total. The maximum Gasteiger partial charge on any atom is 0.416 e. The minimum absolute atomic E-state index is 0.234. The quantitative estimate of drug-likeness (QED) is 0.176. The molecule has 37 heavy (non-hydrogen) atoms. The first-order chi connectivity index (χ1) is 17.7. The SMILES string of the molecule is O=C1C(=Cc2cccc(C(F)(F)F)c2)SCCN1CCCOC(c1ccc(F)cc1)c1ccc(F)cc1. The fourth-order valence-electron chi connectivity index (χ4n) is 3.97. The second-order valence-electron chi connectivity index (χ2n) is 8.48. The normalized spacial score (nSPS) is 15.6. The van der Waals surface area contributed by atoms with Crippen LogP contribution in [-0.2, 0) is 15.7 Å². The summed E-state index contributed by atoms with van der Waals surface area (Å²) in [6, 6.07) is 16.6. The third kappa shape index (κ3) is 7.20. The molecule has 1 aliphatic rings. The van der Waals surface area contributed by atoms with Crippen molar-refractivity contribution in [2.45, 2.75) is 18.7 Å². The zero-order valence-electron chi connectivity index (χ0n) is 19.7. The molecule has 3 aromatic carbocycles. The Morgan fingerprint density at radius 2 is 1.57 bits per heavy atom. The van der Waals surface area contributed by atoms with E-state index in [-0.39, 0.29) is 24.1 Å². The molecule has 0 radical (unpaired) electrons. The molecule has 0 spiro atoms. The van der Waals surface area contributed by atoms with Crippen molar-refractivity contribution in [3.05, 3.63) is 112 Å². The number of nitrogens with zero attached hydrogens (tertiary/aromatic N) is 1. The van der Waals surface area contributed by atoms with Crippen LogP contribution in [0, 0.1) is 11.6 Å². The number of thioether (sulfide) groups is 1. The summed E-state index contributed by atoms with van der Waals surface area (Å²) >= 11 is 1.32. The molecular formula is C28H24F5NO2S. The molecule has 0 bridgehead atoms. The van der Waals surface area contributed by atoms with E-state index in [1.54, 1.807) is 29.2 Å². The number of rotatable bonds is 8. The highest BCUT2D eigenvalue weighted by molar-refractivity contribution is 8.04. The molecule has 0 saturated carbocycles. The van der Waals surface area contributed by atoms with Crippen molar-refractivity contribution in [1.29, 1.82) is 0 Å². The lowest BCUT2D eigenvalue weighted by Gasteiger charge is -2.28. The monoisotopic (exact) mass is 533 g/mol. The number of carbonyl (C=O) groups excluding carboxylic acids is 1. The smallest absolute Gasteiger partial charge is 0.369 e. The lowest BCUT2D eigenvalue weighted by Crippen LogP contribution is -2.38. The van der Waals surface area contributed by atoms with Gasteiger partial charge in [0.2, 0.25) is 0 Å². The van der Waals surface area contributed by atoms with Crippen molar-refractivity contribution in [2.24, 2.45) is 0 Å². The van der Waals surface area contributed by atoms with E-state index in [2.05, 4.69) is 0 Å². The van der Waals surface area contributed by atoms with Crippen molar-refractivity contribution < 1.29 is 31.5 Å². The maximum atomic E-state index is 13.4. The van der Waals surface area contributed by atoms with Crippen LogP contribution in [0.15, 0.2) is 77.7 Å². The van der Waals surface area contributed by atoms with Crippen LogP contribution in [0.5, 0.6) is 0 Å². The van der Waals surface area contributed by atoms with E-state index >= 15 is 0 Å². The van der Waals surface area contributed by atoms with E-state index in [1.165, 1.54) is 54.2 Å². The predicted molar refractivity (Wildman–Crippen MR) is 134 cm³/mol. The van der Waals surface area contributed by atoms with Gasteiger partial charge in [-0.3, -0.25) is 4.79 Å². The Morgan fingerprint density at radius 3 is 2.16 bits per heavy atom. The fourth-order valence-corrected chi connectivity index (χ4v) is 4.98. The van der Waals surface area contributed by atoms with Gasteiger partial charge in [0, 0.05) is 25.4 Å². The first kappa shape index (κ1) is 26.9. The number of halogens is 5. The van der Waals surface area contributed by atoms with Crippen molar-refractivity contribution in [3.63, 3.8) is 0 Å². The first-order valence-corrected chi connectivity index (χ1v) is 12.6. The molecule has 1 heterocycles. The molecule has 3 aromatic rings. The Hall–Kier alpha value is -3.17. The molecule has 0 N–H and O–H groups in total. The second kappa shape index (κ2) is 11.9. The van der Waals surface area contributed by atoms with Crippen LogP contribution in [0.4, 0.5) is 22.0 Å². The summed E-state index contributed by atoms with van der Waals surface area (Å²) in [6.45, 7) is 1.20. The van der Waals surface area contributed by atoms with E-state index < -0.39 is 17.8 Å². The summed E-state index contributed by atoms with van der Waals surface area (Å²) in [7, 11) is 0. The van der Waals surface area contributed by atoms with Gasteiger partial charge in [-0.25, -0.2) is 8.78 Å². The molecule has 0 unspecified atom stereocenters. The number of ether oxygens (including phenoxy) is 1. The molecule has 1 fully saturated rings. The molecule has 0 aliphatic carbocycles. The molecule has 1 saturated heterocycles. The van der Waals surface area contributed by atoms with Crippen LogP contribution < -0.4 is 0 Å². The van der Waals surface area contributed by atoms with Crippen LogP contribution in [0.2, 0.25) is 0 Å². The van der Waals surface area contributed by atoms with E-state index in [0.29, 0.717) is 46.9 Å². The molecular weight excluding hydrogens is 509 g/mol. The van der Waals surface area contributed by atoms with Crippen LogP contribution >= 0.6 is 11.8 Å². The standard InChI is InChI=1S/C28H24F5NO2S/c29-23-9-5-20(6-10-23)26(21-7-11-24(30)12-8-21)36-15-2-13-34-14-16-37-25(27(34)35)18-19-3-1-4-22(17-19)28(31,32)33/h1,3-12,17-18,26H,2,13-16H2. The molecule has 9 heteroatoms. The highest BCUT2D eigenvalue weighted by Gasteiger charge is 2.30. The Bertz CT molecular complexity index is 1200. The Balaban J connectivity index is 1.38. The third-order valence-electron chi connectivity index (χ3n) is 5.83. The fraction of sp³-hybridized carbons (Fsp3) is 0.250. The van der Waals surface area contributed by atoms with Crippen molar-refractivity contribution in [1.82, 2.24) is 4.90 Å². The van der Waals surface area contributed by atoms with E-state index in [0.717, 1.165) is 12.1 Å². The van der Waals surface area contributed by atoms with E-state index in [1.807, 2.05) is 0 Å². The zero-order chi connectivity index (χ0) is 26.4. The number of alkyl halides is 3. The van der Waals surface area contributed by atoms with Gasteiger partial charge in [-0.05, 0) is 65.6 Å². The van der Waals surface area contributed by atoms with Gasteiger partial charge in [0.1, 0.15) is 17.7 Å². The number of benzene rings is 3. The average molecular weight is 534 g/mol. The topological polar surface area (TPSA) is 29.5 Å². The molecule has 1 aliphatic heterocycles. The van der Waals surface area contributed by atoms with Crippen molar-refractivity contribution in [3.8, 4) is 0 Å². The average Bonchev–Trinajstić information content (AvgIpc) is 2.87. The van der Waals surface area contributed by atoms with Crippen molar-refractivity contribution >= 4 is 23.7 Å². The largest absolute Gasteiger partial charge is 0.416 e. The number of hydrogen-bond donors (Lipinski definition) is 0. The molecule has 0 atom stereocenters. The molecule has 194 valence electrons. The summed E-state index contributed by atoms with van der Waals surface area (Å²) in [5.74, 6) is -0.359. The van der Waals surface area contributed by atoms with Crippen LogP contribution in [0.1, 0.15) is 34.8 Å². The number of hydrogen-bond acceptors (Lipinski definition) is 3. The van der Waals surface area contributed by atoms with Crippen molar-refractivity contribution in [2.75, 3.05) is 25.4 Å². The molecule has 0 aromatic heterocycles. The van der Waals surface area contributed by atoms with Gasteiger partial charge in [0.05, 0.1) is 10.5 Å². The van der Waals surface area contributed by atoms with Gasteiger partial charge < -0.3 is 9.64 Å². The Labute approximate surface area is 215 Å². The van der Waals surface area contributed by atoms with Gasteiger partial charge >= 0.3 is 6.18 Å². The first-order valence-electron chi connectivity index (χ1n) is 11.6. The highest BCUT2D eigenvalue weighted by atomic mass is 32.2. The van der Waals surface area contributed by atoms with Gasteiger partial charge in [0.15, 0.2) is 0 Å². The van der Waals surface area contributed by atoms with Crippen LogP contribution in [0.25, 0.3) is 6.08 Å². The molecule has 4 rings (SSSR count). The lowest BCUT2D eigenvalue weighted by molar-refractivity contribution is -0.137. The van der Waals surface area contributed by atoms with Gasteiger partial charge in [-0.1, -0.05) is 36.4 Å². The zero-order valence-corrected chi connectivity index (χ0v) is 20.5. The van der Waals surface area contributed by atoms with Gasteiger partial charge in [-0.15, -0.1) is 11.8 Å². The Kier molecular flexibility index (Phi) is 8.66. The number of amides is 1. The van der Waals surface area contributed by atoms with E-state index in [9.17, 15) is 26.7 Å². The van der Waals surface area contributed by atoms with E-state index in [4.69, 9.17) is 4.74 Å². The summed E-state index contributed by atoms with van der Waals surface area (Å²) < 4.78 is 72.0. The number of carbonyl (C=O) groups is 1. The highest BCUT2D eigenvalue weighted by Crippen LogP contribution is 2.32. The van der Waals surface area contributed by atoms with Crippen LogP contribution in [0.3, 0.4) is 0 Å². The summed E-state index contributed by atoms with van der Waals surface area (Å²) in [4.78, 5) is 15.0. The minimum Gasteiger partial charge on any atom is -0.369 e.